The fraction of sp³-hybridized carbons (Fsp3) is 0.231. The monoisotopic (exact) mass is 282 g/mol. The summed E-state index contributed by atoms with van der Waals surface area (Å²) in [7, 11) is 0. The Bertz CT molecular complexity index is 475. The van der Waals surface area contributed by atoms with Gasteiger partial charge in [0.05, 0.1) is 17.7 Å². The van der Waals surface area contributed by atoms with Gasteiger partial charge in [0.25, 0.3) is 0 Å². The van der Waals surface area contributed by atoms with E-state index in [0.29, 0.717) is 6.61 Å². The summed E-state index contributed by atoms with van der Waals surface area (Å²) < 4.78 is 5.64. The van der Waals surface area contributed by atoms with Gasteiger partial charge in [-0.1, -0.05) is 29.8 Å². The first-order valence-corrected chi connectivity index (χ1v) is 6.94. The van der Waals surface area contributed by atoms with Gasteiger partial charge >= 0.3 is 0 Å². The third kappa shape index (κ3) is 3.46. The Morgan fingerprint density at radius 1 is 1.28 bits per heavy atom. The van der Waals surface area contributed by atoms with E-state index in [9.17, 15) is 0 Å². The summed E-state index contributed by atoms with van der Waals surface area (Å²) in [5, 5.41) is 2.71. The second kappa shape index (κ2) is 6.75. The van der Waals surface area contributed by atoms with Gasteiger partial charge in [-0.15, -0.1) is 11.3 Å². The predicted molar refractivity (Wildman–Crippen MR) is 75.9 cm³/mol. The fourth-order valence-corrected chi connectivity index (χ4v) is 2.94. The van der Waals surface area contributed by atoms with Crippen molar-refractivity contribution < 1.29 is 4.74 Å². The van der Waals surface area contributed by atoms with Crippen molar-refractivity contribution in [3.05, 3.63) is 51.7 Å². The van der Waals surface area contributed by atoms with Crippen molar-refractivity contribution in [2.45, 2.75) is 12.5 Å². The number of hydrogen-bond acceptors (Lipinski definition) is 4. The molecule has 0 saturated heterocycles. The fourth-order valence-electron chi connectivity index (χ4n) is 1.66. The number of para-hydroxylation sites is 1. The van der Waals surface area contributed by atoms with Gasteiger partial charge in [0.2, 0.25) is 0 Å². The molecule has 0 radical (unpaired) electrons. The van der Waals surface area contributed by atoms with Crippen LogP contribution >= 0.6 is 22.9 Å². The number of benzene rings is 1. The maximum absolute atomic E-state index is 6.08. The molecule has 0 aliphatic rings. The highest BCUT2D eigenvalue weighted by atomic mass is 35.5. The Morgan fingerprint density at radius 2 is 2.06 bits per heavy atom. The molecule has 0 fully saturated rings. The van der Waals surface area contributed by atoms with Gasteiger partial charge in [0, 0.05) is 11.3 Å². The van der Waals surface area contributed by atoms with Crippen LogP contribution in [0, 0.1) is 0 Å². The molecule has 0 saturated carbocycles. The van der Waals surface area contributed by atoms with Crippen LogP contribution in [-0.2, 0) is 0 Å². The number of rotatable bonds is 6. The molecule has 3 N–H and O–H groups in total. The summed E-state index contributed by atoms with van der Waals surface area (Å²) >= 11 is 7.68. The smallest absolute Gasteiger partial charge is 0.119 e. The number of nitrogens with one attached hydrogen (secondary N) is 1. The zero-order chi connectivity index (χ0) is 12.8. The standard InChI is InChI=1S/C13H15ClN2OS/c14-11-7-9-18-13(11)12(16-15)6-8-17-10-4-2-1-3-5-10/h1-5,7,9,12,16H,6,8,15H2. The summed E-state index contributed by atoms with van der Waals surface area (Å²) in [5.74, 6) is 6.42. The molecular weight excluding hydrogens is 268 g/mol. The second-order valence-corrected chi connectivity index (χ2v) is 5.16. The van der Waals surface area contributed by atoms with Gasteiger partial charge in [0.15, 0.2) is 0 Å². The SMILES string of the molecule is NNC(CCOc1ccccc1)c1sccc1Cl. The third-order valence-corrected chi connectivity index (χ3v) is 4.05. The van der Waals surface area contributed by atoms with Crippen molar-refractivity contribution >= 4 is 22.9 Å². The van der Waals surface area contributed by atoms with Crippen LogP contribution in [0.15, 0.2) is 41.8 Å². The van der Waals surface area contributed by atoms with Crippen molar-refractivity contribution in [2.24, 2.45) is 5.84 Å². The molecule has 0 spiro atoms. The Hall–Kier alpha value is -1.07. The Balaban J connectivity index is 1.87. The summed E-state index contributed by atoms with van der Waals surface area (Å²) in [5.41, 5.74) is 2.78. The van der Waals surface area contributed by atoms with Crippen molar-refractivity contribution in [3.63, 3.8) is 0 Å². The minimum atomic E-state index is 0.0289. The van der Waals surface area contributed by atoms with Crippen LogP contribution < -0.4 is 16.0 Å². The number of hydrogen-bond donors (Lipinski definition) is 2. The van der Waals surface area contributed by atoms with Gasteiger partial charge in [-0.2, -0.15) is 0 Å². The lowest BCUT2D eigenvalue weighted by Crippen LogP contribution is -2.28. The average Bonchev–Trinajstić information content (AvgIpc) is 2.82. The first kappa shape index (κ1) is 13.4. The van der Waals surface area contributed by atoms with Crippen LogP contribution in [-0.4, -0.2) is 6.61 Å². The van der Waals surface area contributed by atoms with Gasteiger partial charge in [-0.3, -0.25) is 11.3 Å². The molecule has 5 heteroatoms. The lowest BCUT2D eigenvalue weighted by Gasteiger charge is -2.15. The number of hydrazine groups is 1. The van der Waals surface area contributed by atoms with Crippen LogP contribution in [0.2, 0.25) is 5.02 Å². The minimum Gasteiger partial charge on any atom is -0.494 e. The largest absolute Gasteiger partial charge is 0.494 e. The highest BCUT2D eigenvalue weighted by Crippen LogP contribution is 2.30. The maximum atomic E-state index is 6.08. The topological polar surface area (TPSA) is 47.3 Å². The lowest BCUT2D eigenvalue weighted by atomic mass is 10.2. The summed E-state index contributed by atoms with van der Waals surface area (Å²) in [6.07, 6.45) is 0.769. The molecule has 0 aliphatic heterocycles. The summed E-state index contributed by atoms with van der Waals surface area (Å²) in [6, 6.07) is 11.6. The van der Waals surface area contributed by atoms with Crippen molar-refractivity contribution in [1.82, 2.24) is 5.43 Å². The second-order valence-electron chi connectivity index (χ2n) is 3.80. The molecule has 1 aromatic heterocycles. The first-order chi connectivity index (χ1) is 8.81. The Kier molecular flexibility index (Phi) is 5.01. The van der Waals surface area contributed by atoms with Crippen molar-refractivity contribution in [2.75, 3.05) is 6.61 Å². The van der Waals surface area contributed by atoms with E-state index in [2.05, 4.69) is 5.43 Å². The van der Waals surface area contributed by atoms with Gasteiger partial charge < -0.3 is 4.74 Å². The quantitative estimate of drug-likeness (QED) is 0.631. The minimum absolute atomic E-state index is 0.0289. The highest BCUT2D eigenvalue weighted by Gasteiger charge is 2.14. The predicted octanol–water partition coefficient (Wildman–Crippen LogP) is 3.38. The molecule has 2 rings (SSSR count). The Morgan fingerprint density at radius 3 is 2.67 bits per heavy atom. The zero-order valence-electron chi connectivity index (χ0n) is 9.80. The van der Waals surface area contributed by atoms with Crippen LogP contribution in [0.25, 0.3) is 0 Å². The highest BCUT2D eigenvalue weighted by molar-refractivity contribution is 7.10. The molecule has 1 atom stereocenters. The van der Waals surface area contributed by atoms with Crippen LogP contribution in [0.5, 0.6) is 5.75 Å². The first-order valence-electron chi connectivity index (χ1n) is 5.68. The number of thiophene rings is 1. The van der Waals surface area contributed by atoms with Crippen molar-refractivity contribution in [1.29, 1.82) is 0 Å². The van der Waals surface area contributed by atoms with E-state index in [4.69, 9.17) is 22.2 Å². The van der Waals surface area contributed by atoms with Crippen LogP contribution in [0.1, 0.15) is 17.3 Å². The van der Waals surface area contributed by atoms with Gasteiger partial charge in [-0.25, -0.2) is 0 Å². The Labute approximate surface area is 116 Å². The lowest BCUT2D eigenvalue weighted by molar-refractivity contribution is 0.288. The number of halogens is 1. The molecule has 0 bridgehead atoms. The average molecular weight is 283 g/mol. The molecule has 0 amide bonds. The molecule has 0 aliphatic carbocycles. The number of nitrogens with two attached hydrogens (primary N) is 1. The van der Waals surface area contributed by atoms with Crippen LogP contribution in [0.3, 0.4) is 0 Å². The molecule has 1 heterocycles. The molecule has 2 aromatic rings. The van der Waals surface area contributed by atoms with E-state index in [1.807, 2.05) is 41.8 Å². The zero-order valence-corrected chi connectivity index (χ0v) is 11.4. The van der Waals surface area contributed by atoms with E-state index in [1.165, 1.54) is 0 Å². The van der Waals surface area contributed by atoms with Gasteiger partial charge in [-0.05, 0) is 23.6 Å². The molecule has 3 nitrogen and oxygen atoms in total. The van der Waals surface area contributed by atoms with E-state index < -0.39 is 0 Å². The van der Waals surface area contributed by atoms with Crippen molar-refractivity contribution in [3.8, 4) is 5.75 Å². The van der Waals surface area contributed by atoms with Gasteiger partial charge in [0.1, 0.15) is 5.75 Å². The third-order valence-electron chi connectivity index (χ3n) is 2.58. The van der Waals surface area contributed by atoms with Crippen LogP contribution in [0.4, 0.5) is 0 Å². The normalized spacial score (nSPS) is 12.3. The molecule has 18 heavy (non-hydrogen) atoms. The molecule has 96 valence electrons. The van der Waals surface area contributed by atoms with E-state index in [1.54, 1.807) is 11.3 Å². The van der Waals surface area contributed by atoms with E-state index in [-0.39, 0.29) is 6.04 Å². The summed E-state index contributed by atoms with van der Waals surface area (Å²) in [6.45, 7) is 0.590. The molecular formula is C13H15ClN2OS. The summed E-state index contributed by atoms with van der Waals surface area (Å²) in [4.78, 5) is 1.05. The number of ether oxygens (including phenoxy) is 1. The van der Waals surface area contributed by atoms with E-state index in [0.717, 1.165) is 22.1 Å². The molecule has 1 unspecified atom stereocenters. The molecule has 1 aromatic carbocycles. The maximum Gasteiger partial charge on any atom is 0.119 e. The van der Waals surface area contributed by atoms with E-state index >= 15 is 0 Å².